The van der Waals surface area contributed by atoms with Crippen molar-refractivity contribution in [3.8, 4) is 0 Å². The van der Waals surface area contributed by atoms with Gasteiger partial charge in [0.15, 0.2) is 0 Å². The Balaban J connectivity index is 3.07. The van der Waals surface area contributed by atoms with Gasteiger partial charge in [-0.25, -0.2) is 0 Å². The molecule has 0 fully saturated rings. The van der Waals surface area contributed by atoms with Gasteiger partial charge in [0.25, 0.3) is 0 Å². The second kappa shape index (κ2) is 4.18. The average Bonchev–Trinajstić information content (AvgIpc) is 2.02. The molecule has 76 valence electrons. The molecule has 0 aliphatic heterocycles. The molecule has 0 aliphatic rings. The molecule has 0 N–H and O–H groups in total. The molecule has 0 atom stereocenters. The summed E-state index contributed by atoms with van der Waals surface area (Å²) in [5.74, 6) is 0. The third-order valence-electron chi connectivity index (χ3n) is 2.22. The molecule has 1 rings (SSSR count). The maximum Gasteiger partial charge on any atom is 0.0446 e. The van der Waals surface area contributed by atoms with E-state index in [4.69, 9.17) is 11.6 Å². The van der Waals surface area contributed by atoms with Gasteiger partial charge in [-0.15, -0.1) is 6.58 Å². The fourth-order valence-corrected chi connectivity index (χ4v) is 1.95. The van der Waals surface area contributed by atoms with Gasteiger partial charge in [-0.1, -0.05) is 50.6 Å². The van der Waals surface area contributed by atoms with Crippen molar-refractivity contribution in [2.75, 3.05) is 0 Å². The maximum atomic E-state index is 6.22. The number of hydrogen-bond donors (Lipinski definition) is 0. The van der Waals surface area contributed by atoms with E-state index in [1.165, 1.54) is 11.1 Å². The second-order valence-corrected chi connectivity index (χ2v) is 4.96. The van der Waals surface area contributed by atoms with Crippen LogP contribution in [0.5, 0.6) is 0 Å². The Hall–Kier alpha value is -0.750. The zero-order chi connectivity index (χ0) is 10.8. The van der Waals surface area contributed by atoms with Crippen LogP contribution < -0.4 is 0 Å². The summed E-state index contributed by atoms with van der Waals surface area (Å²) < 4.78 is 0. The highest BCUT2D eigenvalue weighted by molar-refractivity contribution is 6.31. The predicted octanol–water partition coefficient (Wildman–Crippen LogP) is 4.37. The molecular weight excluding hydrogens is 192 g/mol. The van der Waals surface area contributed by atoms with Crippen LogP contribution in [0.1, 0.15) is 31.9 Å². The van der Waals surface area contributed by atoms with Gasteiger partial charge in [0.1, 0.15) is 0 Å². The molecule has 0 bridgehead atoms. The Morgan fingerprint density at radius 1 is 1.36 bits per heavy atom. The topological polar surface area (TPSA) is 0 Å². The SMILES string of the molecule is C=CCc1ccc(C(C)(C)C)c(Cl)c1. The van der Waals surface area contributed by atoms with Crippen molar-refractivity contribution in [1.82, 2.24) is 0 Å². The van der Waals surface area contributed by atoms with Crippen molar-refractivity contribution in [3.05, 3.63) is 47.0 Å². The van der Waals surface area contributed by atoms with E-state index in [9.17, 15) is 0 Å². The molecule has 0 amide bonds. The maximum absolute atomic E-state index is 6.22. The quantitative estimate of drug-likeness (QED) is 0.634. The lowest BCUT2D eigenvalue weighted by Crippen LogP contribution is -2.11. The van der Waals surface area contributed by atoms with E-state index < -0.39 is 0 Å². The minimum atomic E-state index is 0.115. The lowest BCUT2D eigenvalue weighted by atomic mass is 9.86. The lowest BCUT2D eigenvalue weighted by Gasteiger charge is -2.20. The van der Waals surface area contributed by atoms with E-state index in [-0.39, 0.29) is 5.41 Å². The molecule has 0 spiro atoms. The zero-order valence-corrected chi connectivity index (χ0v) is 9.86. The highest BCUT2D eigenvalue weighted by atomic mass is 35.5. The molecule has 0 unspecified atom stereocenters. The van der Waals surface area contributed by atoms with Crippen LogP contribution in [0, 0.1) is 0 Å². The summed E-state index contributed by atoms with van der Waals surface area (Å²) in [6, 6.07) is 6.26. The highest BCUT2D eigenvalue weighted by Crippen LogP contribution is 2.30. The number of halogens is 1. The van der Waals surface area contributed by atoms with Gasteiger partial charge in [0.2, 0.25) is 0 Å². The minimum absolute atomic E-state index is 0.115. The summed E-state index contributed by atoms with van der Waals surface area (Å²) >= 11 is 6.22. The van der Waals surface area contributed by atoms with Crippen molar-refractivity contribution in [2.45, 2.75) is 32.6 Å². The van der Waals surface area contributed by atoms with Gasteiger partial charge in [0, 0.05) is 5.02 Å². The van der Waals surface area contributed by atoms with Gasteiger partial charge in [0.05, 0.1) is 0 Å². The Labute approximate surface area is 91.6 Å². The summed E-state index contributed by atoms with van der Waals surface area (Å²) in [5.41, 5.74) is 2.54. The first-order valence-corrected chi connectivity index (χ1v) is 5.23. The number of hydrogen-bond acceptors (Lipinski definition) is 0. The number of rotatable bonds is 2. The van der Waals surface area contributed by atoms with E-state index in [1.807, 2.05) is 12.1 Å². The summed E-state index contributed by atoms with van der Waals surface area (Å²) in [6.45, 7) is 10.2. The van der Waals surface area contributed by atoms with Crippen LogP contribution in [0.2, 0.25) is 5.02 Å². The van der Waals surface area contributed by atoms with Crippen molar-refractivity contribution < 1.29 is 0 Å². The van der Waals surface area contributed by atoms with Crippen LogP contribution >= 0.6 is 11.6 Å². The molecule has 0 heterocycles. The molecular formula is C13H17Cl. The largest absolute Gasteiger partial charge is 0.103 e. The lowest BCUT2D eigenvalue weighted by molar-refractivity contribution is 0.590. The van der Waals surface area contributed by atoms with Gasteiger partial charge in [-0.3, -0.25) is 0 Å². The van der Waals surface area contributed by atoms with E-state index in [0.717, 1.165) is 11.4 Å². The van der Waals surface area contributed by atoms with Crippen LogP contribution in [0.15, 0.2) is 30.9 Å². The second-order valence-electron chi connectivity index (χ2n) is 4.56. The van der Waals surface area contributed by atoms with Crippen molar-refractivity contribution in [3.63, 3.8) is 0 Å². The first-order valence-electron chi connectivity index (χ1n) is 4.85. The average molecular weight is 209 g/mol. The third kappa shape index (κ3) is 2.62. The number of benzene rings is 1. The molecule has 0 aromatic heterocycles. The Morgan fingerprint density at radius 2 is 2.00 bits per heavy atom. The Kier molecular flexibility index (Phi) is 3.38. The van der Waals surface area contributed by atoms with E-state index >= 15 is 0 Å². The molecule has 14 heavy (non-hydrogen) atoms. The van der Waals surface area contributed by atoms with E-state index in [2.05, 4.69) is 39.5 Å². The molecule has 0 nitrogen and oxygen atoms in total. The van der Waals surface area contributed by atoms with Crippen LogP contribution in [0.3, 0.4) is 0 Å². The van der Waals surface area contributed by atoms with E-state index in [1.54, 1.807) is 0 Å². The molecule has 1 aromatic carbocycles. The third-order valence-corrected chi connectivity index (χ3v) is 2.53. The van der Waals surface area contributed by atoms with Crippen LogP contribution in [0.25, 0.3) is 0 Å². The predicted molar refractivity (Wildman–Crippen MR) is 64.1 cm³/mol. The molecule has 1 aromatic rings. The highest BCUT2D eigenvalue weighted by Gasteiger charge is 2.16. The van der Waals surface area contributed by atoms with Crippen molar-refractivity contribution in [2.24, 2.45) is 0 Å². The van der Waals surface area contributed by atoms with Gasteiger partial charge in [-0.2, -0.15) is 0 Å². The standard InChI is InChI=1S/C13H17Cl/c1-5-6-10-7-8-11(12(14)9-10)13(2,3)4/h5,7-9H,1,6H2,2-4H3. The van der Waals surface area contributed by atoms with E-state index in [0.29, 0.717) is 0 Å². The summed E-state index contributed by atoms with van der Waals surface area (Å²) in [6.07, 6.45) is 2.77. The monoisotopic (exact) mass is 208 g/mol. The summed E-state index contributed by atoms with van der Waals surface area (Å²) in [5, 5.41) is 0.858. The molecule has 1 heteroatoms. The molecule has 0 radical (unpaired) electrons. The van der Waals surface area contributed by atoms with Crippen molar-refractivity contribution in [1.29, 1.82) is 0 Å². The number of allylic oxidation sites excluding steroid dienone is 1. The molecule has 0 saturated heterocycles. The van der Waals surface area contributed by atoms with Crippen molar-refractivity contribution >= 4 is 11.6 Å². The smallest absolute Gasteiger partial charge is 0.0446 e. The zero-order valence-electron chi connectivity index (χ0n) is 9.10. The summed E-state index contributed by atoms with van der Waals surface area (Å²) in [4.78, 5) is 0. The first kappa shape index (κ1) is 11.3. The van der Waals surface area contributed by atoms with Gasteiger partial charge in [-0.05, 0) is 29.0 Å². The fourth-order valence-electron chi connectivity index (χ4n) is 1.46. The fraction of sp³-hybridized carbons (Fsp3) is 0.385. The first-order chi connectivity index (χ1) is 6.45. The van der Waals surface area contributed by atoms with Gasteiger partial charge >= 0.3 is 0 Å². The van der Waals surface area contributed by atoms with Crippen LogP contribution in [-0.2, 0) is 11.8 Å². The molecule has 0 aliphatic carbocycles. The minimum Gasteiger partial charge on any atom is -0.103 e. The van der Waals surface area contributed by atoms with Crippen LogP contribution in [0.4, 0.5) is 0 Å². The summed E-state index contributed by atoms with van der Waals surface area (Å²) in [7, 11) is 0. The normalized spacial score (nSPS) is 11.4. The Morgan fingerprint density at radius 3 is 2.43 bits per heavy atom. The Bertz CT molecular complexity index is 332. The molecule has 0 saturated carbocycles. The van der Waals surface area contributed by atoms with Gasteiger partial charge < -0.3 is 0 Å². The van der Waals surface area contributed by atoms with Crippen LogP contribution in [-0.4, -0.2) is 0 Å².